The number of carbonyl (C=O) groups excluding carboxylic acids is 2. The molecule has 1 fully saturated rings. The topological polar surface area (TPSA) is 100 Å². The van der Waals surface area contributed by atoms with Gasteiger partial charge in [-0.25, -0.2) is 9.67 Å². The van der Waals surface area contributed by atoms with Gasteiger partial charge in [-0.15, -0.1) is 0 Å². The van der Waals surface area contributed by atoms with Crippen LogP contribution in [0.5, 0.6) is 5.75 Å². The van der Waals surface area contributed by atoms with Crippen molar-refractivity contribution in [1.29, 1.82) is 0 Å². The number of hydrogen-bond donors (Lipinski definition) is 0. The summed E-state index contributed by atoms with van der Waals surface area (Å²) in [5.74, 6) is 1.27. The molecule has 2 aliphatic heterocycles. The van der Waals surface area contributed by atoms with E-state index in [9.17, 15) is 9.59 Å². The number of aliphatic imine (C=N–C) groups is 1. The Hall–Kier alpha value is -3.20. The van der Waals surface area contributed by atoms with Crippen LogP contribution in [-0.2, 0) is 22.5 Å². The number of nitrogens with zero attached hydrogens (tertiary/aromatic N) is 5. The van der Waals surface area contributed by atoms with Gasteiger partial charge in [0.1, 0.15) is 11.3 Å². The first-order valence-corrected chi connectivity index (χ1v) is 12.1. The zero-order valence-corrected chi connectivity index (χ0v) is 20.2. The van der Waals surface area contributed by atoms with Crippen molar-refractivity contribution >= 4 is 23.5 Å². The van der Waals surface area contributed by atoms with Gasteiger partial charge in [0.15, 0.2) is 11.7 Å². The fourth-order valence-electron chi connectivity index (χ4n) is 4.17. The van der Waals surface area contributed by atoms with Crippen LogP contribution in [-0.4, -0.2) is 65.2 Å². The Bertz CT molecular complexity index is 1090. The van der Waals surface area contributed by atoms with Crippen LogP contribution < -0.4 is 10.1 Å². The van der Waals surface area contributed by atoms with E-state index in [0.29, 0.717) is 86.5 Å². The largest absolute Gasteiger partial charge is 0.493 e. The zero-order valence-electron chi connectivity index (χ0n) is 20.2. The van der Waals surface area contributed by atoms with Gasteiger partial charge in [-0.05, 0) is 43.9 Å². The fourth-order valence-corrected chi connectivity index (χ4v) is 4.17. The van der Waals surface area contributed by atoms with Gasteiger partial charge in [0, 0.05) is 26.1 Å². The quantitative estimate of drug-likeness (QED) is 0.566. The lowest BCUT2D eigenvalue weighted by Gasteiger charge is -2.26. The minimum Gasteiger partial charge on any atom is -0.493 e. The molecule has 0 saturated carbocycles. The van der Waals surface area contributed by atoms with Gasteiger partial charge in [-0.1, -0.05) is 19.9 Å². The van der Waals surface area contributed by atoms with Crippen molar-refractivity contribution in [1.82, 2.24) is 20.0 Å². The number of amidine groups is 1. The molecule has 0 spiro atoms. The van der Waals surface area contributed by atoms with E-state index >= 15 is 0 Å². The minimum absolute atomic E-state index is 0.120. The highest BCUT2D eigenvalue weighted by Crippen LogP contribution is 2.30. The normalized spacial score (nSPS) is 15.6. The molecule has 181 valence electrons. The molecule has 9 nitrogen and oxygen atoms in total. The van der Waals surface area contributed by atoms with Gasteiger partial charge in [0.2, 0.25) is 5.91 Å². The Morgan fingerprint density at radius 2 is 1.97 bits per heavy atom. The van der Waals surface area contributed by atoms with Gasteiger partial charge < -0.3 is 14.4 Å². The molecule has 0 aliphatic carbocycles. The molecule has 1 saturated heterocycles. The second-order valence-corrected chi connectivity index (χ2v) is 8.53. The molecule has 1 aromatic carbocycles. The highest BCUT2D eigenvalue weighted by atomic mass is 16.5. The summed E-state index contributed by atoms with van der Waals surface area (Å²) in [6.45, 7) is 9.57. The monoisotopic (exact) mass is 466 g/mol. The van der Waals surface area contributed by atoms with Gasteiger partial charge in [0.25, 0.3) is 5.91 Å². The van der Waals surface area contributed by atoms with Gasteiger partial charge in [-0.2, -0.15) is 10.4 Å². The molecular weight excluding hydrogens is 434 g/mol. The van der Waals surface area contributed by atoms with Crippen molar-refractivity contribution in [3.8, 4) is 5.75 Å². The van der Waals surface area contributed by atoms with E-state index < -0.39 is 0 Å². The van der Waals surface area contributed by atoms with E-state index in [1.165, 1.54) is 0 Å². The second kappa shape index (κ2) is 10.8. The van der Waals surface area contributed by atoms with Crippen LogP contribution in [0.25, 0.3) is 0 Å². The molecule has 0 bridgehead atoms. The SMILES string of the molecule is CCCOc1ccc(CCC(=O)N2CCOCC2)cc1C1=Nc2c(c(C)nn2CCC)C(=O)[N]1. The van der Waals surface area contributed by atoms with E-state index in [4.69, 9.17) is 14.5 Å². The number of hydrogen-bond acceptors (Lipinski definition) is 6. The third-order valence-corrected chi connectivity index (χ3v) is 5.91. The summed E-state index contributed by atoms with van der Waals surface area (Å²) in [5, 5.41) is 8.79. The molecular formula is C25H32N5O4. The van der Waals surface area contributed by atoms with Crippen LogP contribution in [0.3, 0.4) is 0 Å². The Kier molecular flexibility index (Phi) is 7.62. The maximum absolute atomic E-state index is 12.9. The predicted molar refractivity (Wildman–Crippen MR) is 128 cm³/mol. The standard InChI is InChI=1S/C25H32N5O4/c1-4-10-30-24-22(17(3)28-30)25(32)27-23(26-24)19-16-18(6-8-20(19)34-13-5-2)7-9-21(31)29-11-14-33-15-12-29/h6,8,16H,4-5,7,9-15H2,1-3H3. The Balaban J connectivity index is 1.62. The van der Waals surface area contributed by atoms with E-state index in [1.54, 1.807) is 11.6 Å². The molecule has 34 heavy (non-hydrogen) atoms. The summed E-state index contributed by atoms with van der Waals surface area (Å²) >= 11 is 0. The van der Waals surface area contributed by atoms with E-state index in [-0.39, 0.29) is 11.8 Å². The van der Waals surface area contributed by atoms with Crippen molar-refractivity contribution in [2.24, 2.45) is 4.99 Å². The van der Waals surface area contributed by atoms with E-state index in [0.717, 1.165) is 18.4 Å². The molecule has 2 amide bonds. The van der Waals surface area contributed by atoms with Crippen molar-refractivity contribution in [3.05, 3.63) is 40.6 Å². The van der Waals surface area contributed by atoms with Crippen LogP contribution in [0.15, 0.2) is 23.2 Å². The maximum atomic E-state index is 12.9. The number of amides is 2. The molecule has 1 radical (unpaired) electrons. The smallest absolute Gasteiger partial charge is 0.284 e. The van der Waals surface area contributed by atoms with Crippen LogP contribution in [0.1, 0.15) is 60.3 Å². The van der Waals surface area contributed by atoms with Gasteiger partial charge in [-0.3, -0.25) is 9.59 Å². The number of morpholine rings is 1. The lowest BCUT2D eigenvalue weighted by atomic mass is 10.0. The third-order valence-electron chi connectivity index (χ3n) is 5.91. The van der Waals surface area contributed by atoms with Crippen LogP contribution in [0, 0.1) is 6.92 Å². The number of rotatable bonds is 9. The van der Waals surface area contributed by atoms with E-state index in [1.807, 2.05) is 30.0 Å². The number of benzene rings is 1. The van der Waals surface area contributed by atoms with Crippen LogP contribution in [0.2, 0.25) is 0 Å². The van der Waals surface area contributed by atoms with E-state index in [2.05, 4.69) is 17.3 Å². The minimum atomic E-state index is -0.339. The fraction of sp³-hybridized carbons (Fsp3) is 0.520. The first-order valence-electron chi connectivity index (χ1n) is 12.1. The predicted octanol–water partition coefficient (Wildman–Crippen LogP) is 3.02. The van der Waals surface area contributed by atoms with Crippen molar-refractivity contribution < 1.29 is 19.1 Å². The van der Waals surface area contributed by atoms with Crippen molar-refractivity contribution in [2.75, 3.05) is 32.9 Å². The Morgan fingerprint density at radius 3 is 2.71 bits per heavy atom. The first-order chi connectivity index (χ1) is 16.5. The van der Waals surface area contributed by atoms with Crippen LogP contribution >= 0.6 is 0 Å². The number of aromatic nitrogens is 2. The van der Waals surface area contributed by atoms with Crippen LogP contribution in [0.4, 0.5) is 5.82 Å². The summed E-state index contributed by atoms with van der Waals surface area (Å²) < 4.78 is 13.1. The molecule has 2 aliphatic rings. The Morgan fingerprint density at radius 1 is 1.18 bits per heavy atom. The zero-order chi connectivity index (χ0) is 24.1. The average molecular weight is 467 g/mol. The maximum Gasteiger partial charge on any atom is 0.284 e. The first kappa shape index (κ1) is 23.9. The summed E-state index contributed by atoms with van der Waals surface area (Å²) in [5.41, 5.74) is 2.72. The number of fused-ring (bicyclic) bond motifs is 1. The lowest BCUT2D eigenvalue weighted by Crippen LogP contribution is -2.40. The molecule has 3 heterocycles. The highest BCUT2D eigenvalue weighted by Gasteiger charge is 2.30. The molecule has 0 N–H and O–H groups in total. The molecule has 0 unspecified atom stereocenters. The summed E-state index contributed by atoms with van der Waals surface area (Å²) in [6, 6.07) is 5.78. The van der Waals surface area contributed by atoms with Gasteiger partial charge in [0.05, 0.1) is 31.1 Å². The summed E-state index contributed by atoms with van der Waals surface area (Å²) in [6.07, 6.45) is 2.71. The summed E-state index contributed by atoms with van der Waals surface area (Å²) in [4.78, 5) is 32.1. The molecule has 2 aromatic rings. The average Bonchev–Trinajstić information content (AvgIpc) is 3.17. The number of ether oxygens (including phenoxy) is 2. The molecule has 4 rings (SSSR count). The van der Waals surface area contributed by atoms with Crippen molar-refractivity contribution in [3.63, 3.8) is 0 Å². The van der Waals surface area contributed by atoms with Crippen molar-refractivity contribution in [2.45, 2.75) is 53.0 Å². The second-order valence-electron chi connectivity index (χ2n) is 8.53. The van der Waals surface area contributed by atoms with Gasteiger partial charge >= 0.3 is 0 Å². The number of aryl methyl sites for hydroxylation is 3. The lowest BCUT2D eigenvalue weighted by molar-refractivity contribution is -0.135. The molecule has 1 aromatic heterocycles. The molecule has 0 atom stereocenters. The Labute approximate surface area is 200 Å². The third kappa shape index (κ3) is 5.14. The number of carbonyl (C=O) groups is 2. The molecule has 9 heteroatoms. The highest BCUT2D eigenvalue weighted by molar-refractivity contribution is 6.18. The summed E-state index contributed by atoms with van der Waals surface area (Å²) in [7, 11) is 0.